The average molecular weight is 450 g/mol. The number of rotatable bonds is 7. The fourth-order valence-corrected chi connectivity index (χ4v) is 4.31. The van der Waals surface area contributed by atoms with E-state index >= 15 is 0 Å². The molecule has 1 aromatic heterocycles. The number of nitrogens with zero attached hydrogens (tertiary/aromatic N) is 4. The Labute approximate surface area is 181 Å². The Kier molecular flexibility index (Phi) is 6.65. The molecule has 0 spiro atoms. The van der Waals surface area contributed by atoms with Crippen molar-refractivity contribution in [2.45, 2.75) is 24.7 Å². The van der Waals surface area contributed by atoms with E-state index in [1.807, 2.05) is 25.1 Å². The summed E-state index contributed by atoms with van der Waals surface area (Å²) in [4.78, 5) is 27.1. The van der Waals surface area contributed by atoms with Crippen LogP contribution in [-0.4, -0.2) is 61.2 Å². The number of benzene rings is 1. The standard InChI is InChI=1S/C20H27N5O5S/c1-5-16(15-7-6-14(2)17(12-15)24-8-10-30-11-9-24)21-18(26)13-25-20(27)23(3)19(22-25)31(4,28)29/h5-7,12,16H,1,8-11,13H2,2-4H3,(H,21,26)/t16-/m0/s1. The van der Waals surface area contributed by atoms with Gasteiger partial charge >= 0.3 is 5.69 Å². The first kappa shape index (κ1) is 22.8. The third-order valence-corrected chi connectivity index (χ3v) is 6.14. The number of anilines is 1. The van der Waals surface area contributed by atoms with E-state index in [2.05, 4.69) is 21.9 Å². The summed E-state index contributed by atoms with van der Waals surface area (Å²) in [5.41, 5.74) is 2.35. The van der Waals surface area contributed by atoms with Crippen LogP contribution in [0.1, 0.15) is 17.2 Å². The number of carbonyl (C=O) groups is 1. The predicted molar refractivity (Wildman–Crippen MR) is 116 cm³/mol. The fourth-order valence-electron chi connectivity index (χ4n) is 3.49. The van der Waals surface area contributed by atoms with Crippen LogP contribution >= 0.6 is 0 Å². The summed E-state index contributed by atoms with van der Waals surface area (Å²) in [5.74, 6) is -0.487. The van der Waals surface area contributed by atoms with Gasteiger partial charge in [0.05, 0.1) is 19.3 Å². The molecule has 1 saturated heterocycles. The quantitative estimate of drug-likeness (QED) is 0.599. The number of hydrogen-bond donors (Lipinski definition) is 1. The third-order valence-electron chi connectivity index (χ3n) is 5.12. The number of morpholine rings is 1. The van der Waals surface area contributed by atoms with E-state index in [1.54, 1.807) is 6.08 Å². The van der Waals surface area contributed by atoms with Crippen LogP contribution in [-0.2, 0) is 33.0 Å². The van der Waals surface area contributed by atoms with Crippen LogP contribution in [0, 0.1) is 6.92 Å². The second kappa shape index (κ2) is 9.06. The number of hydrogen-bond acceptors (Lipinski definition) is 7. The largest absolute Gasteiger partial charge is 0.378 e. The second-order valence-electron chi connectivity index (χ2n) is 7.48. The minimum Gasteiger partial charge on any atom is -0.378 e. The first-order valence-electron chi connectivity index (χ1n) is 9.81. The maximum absolute atomic E-state index is 12.6. The van der Waals surface area contributed by atoms with Crippen LogP contribution in [0.5, 0.6) is 0 Å². The van der Waals surface area contributed by atoms with Gasteiger partial charge in [-0.15, -0.1) is 11.7 Å². The second-order valence-corrected chi connectivity index (χ2v) is 9.39. The number of carbonyl (C=O) groups excluding carboxylic acids is 1. The highest BCUT2D eigenvalue weighted by atomic mass is 32.2. The molecule has 3 rings (SSSR count). The van der Waals surface area contributed by atoms with E-state index in [0.717, 1.165) is 45.4 Å². The molecule has 1 aliphatic rings. The zero-order valence-electron chi connectivity index (χ0n) is 17.9. The monoisotopic (exact) mass is 449 g/mol. The molecule has 1 amide bonds. The van der Waals surface area contributed by atoms with Gasteiger partial charge in [-0.1, -0.05) is 18.2 Å². The molecular weight excluding hydrogens is 422 g/mol. The first-order chi connectivity index (χ1) is 14.6. The first-order valence-corrected chi connectivity index (χ1v) is 11.7. The number of aryl methyl sites for hydroxylation is 1. The van der Waals surface area contributed by atoms with E-state index < -0.39 is 34.0 Å². The highest BCUT2D eigenvalue weighted by Crippen LogP contribution is 2.26. The molecule has 1 aliphatic heterocycles. The van der Waals surface area contributed by atoms with Gasteiger partial charge in [-0.25, -0.2) is 17.9 Å². The van der Waals surface area contributed by atoms with Crippen molar-refractivity contribution in [3.63, 3.8) is 0 Å². The normalized spacial score (nSPS) is 15.5. The molecule has 31 heavy (non-hydrogen) atoms. The Morgan fingerprint density at radius 2 is 2.03 bits per heavy atom. The lowest BCUT2D eigenvalue weighted by Crippen LogP contribution is -2.37. The van der Waals surface area contributed by atoms with Crippen LogP contribution in [0.15, 0.2) is 40.8 Å². The molecule has 11 heteroatoms. The molecule has 0 unspecified atom stereocenters. The Morgan fingerprint density at radius 1 is 1.35 bits per heavy atom. The van der Waals surface area contributed by atoms with Crippen molar-refractivity contribution in [3.8, 4) is 0 Å². The molecule has 0 saturated carbocycles. The van der Waals surface area contributed by atoms with Gasteiger partial charge in [0.1, 0.15) is 6.54 Å². The summed E-state index contributed by atoms with van der Waals surface area (Å²) in [6.45, 7) is 8.35. The minimum atomic E-state index is -3.69. The summed E-state index contributed by atoms with van der Waals surface area (Å²) < 4.78 is 30.6. The van der Waals surface area contributed by atoms with Crippen LogP contribution in [0.3, 0.4) is 0 Å². The number of sulfone groups is 1. The van der Waals surface area contributed by atoms with Crippen LogP contribution in [0.2, 0.25) is 0 Å². The third kappa shape index (κ3) is 5.05. The SMILES string of the molecule is C=C[C@H](NC(=O)Cn1nc(S(C)(=O)=O)n(C)c1=O)c1ccc(C)c(N2CCOCC2)c1. The lowest BCUT2D eigenvalue weighted by atomic mass is 10.0. The van der Waals surface area contributed by atoms with Gasteiger partial charge in [0.2, 0.25) is 20.9 Å². The van der Waals surface area contributed by atoms with Crippen molar-refractivity contribution in [3.05, 3.63) is 52.5 Å². The van der Waals surface area contributed by atoms with Crippen molar-refractivity contribution in [2.75, 3.05) is 37.5 Å². The summed E-state index contributed by atoms with van der Waals surface area (Å²) >= 11 is 0. The Bertz CT molecular complexity index is 1150. The molecule has 2 heterocycles. The van der Waals surface area contributed by atoms with Gasteiger partial charge in [0.25, 0.3) is 0 Å². The van der Waals surface area contributed by atoms with Crippen molar-refractivity contribution in [2.24, 2.45) is 7.05 Å². The summed E-state index contributed by atoms with van der Waals surface area (Å²) in [6.07, 6.45) is 2.56. The highest BCUT2D eigenvalue weighted by molar-refractivity contribution is 7.90. The molecule has 1 atom stereocenters. The predicted octanol–water partition coefficient (Wildman–Crippen LogP) is 0.174. The molecule has 0 radical (unpaired) electrons. The lowest BCUT2D eigenvalue weighted by Gasteiger charge is -2.31. The van der Waals surface area contributed by atoms with Crippen LogP contribution in [0.25, 0.3) is 0 Å². The molecule has 1 N–H and O–H groups in total. The Hall–Kier alpha value is -2.92. The van der Waals surface area contributed by atoms with Gasteiger partial charge in [-0.05, 0) is 24.1 Å². The van der Waals surface area contributed by atoms with Crippen LogP contribution < -0.4 is 15.9 Å². The van der Waals surface area contributed by atoms with Gasteiger partial charge in [-0.3, -0.25) is 9.36 Å². The van der Waals surface area contributed by atoms with E-state index in [0.29, 0.717) is 13.2 Å². The molecule has 0 aliphatic carbocycles. The van der Waals surface area contributed by atoms with Gasteiger partial charge in [-0.2, -0.15) is 0 Å². The van der Waals surface area contributed by atoms with Crippen LogP contribution in [0.4, 0.5) is 5.69 Å². The fraction of sp³-hybridized carbons (Fsp3) is 0.450. The van der Waals surface area contributed by atoms with Crippen molar-refractivity contribution in [1.82, 2.24) is 19.7 Å². The van der Waals surface area contributed by atoms with Gasteiger partial charge in [0.15, 0.2) is 0 Å². The Morgan fingerprint density at radius 3 is 2.61 bits per heavy atom. The maximum atomic E-state index is 12.6. The van der Waals surface area contributed by atoms with E-state index in [-0.39, 0.29) is 5.16 Å². The summed E-state index contributed by atoms with van der Waals surface area (Å²) in [7, 11) is -2.39. The smallest absolute Gasteiger partial charge is 0.346 e. The molecule has 2 aromatic rings. The van der Waals surface area contributed by atoms with Crippen molar-refractivity contribution < 1.29 is 17.9 Å². The zero-order chi connectivity index (χ0) is 22.8. The number of aromatic nitrogens is 3. The Balaban J connectivity index is 1.78. The summed E-state index contributed by atoms with van der Waals surface area (Å²) in [6, 6.07) is 5.44. The number of ether oxygens (including phenoxy) is 1. The molecule has 10 nitrogen and oxygen atoms in total. The molecule has 1 fully saturated rings. The van der Waals surface area contributed by atoms with Gasteiger partial charge < -0.3 is 15.0 Å². The summed E-state index contributed by atoms with van der Waals surface area (Å²) in [5, 5.41) is 6.21. The van der Waals surface area contributed by atoms with Crippen molar-refractivity contribution in [1.29, 1.82) is 0 Å². The zero-order valence-corrected chi connectivity index (χ0v) is 18.7. The van der Waals surface area contributed by atoms with Crippen molar-refractivity contribution >= 4 is 21.4 Å². The highest BCUT2D eigenvalue weighted by Gasteiger charge is 2.22. The number of nitrogens with one attached hydrogen (secondary N) is 1. The van der Waals surface area contributed by atoms with E-state index in [1.165, 1.54) is 7.05 Å². The van der Waals surface area contributed by atoms with E-state index in [9.17, 15) is 18.0 Å². The molecule has 168 valence electrons. The van der Waals surface area contributed by atoms with E-state index in [4.69, 9.17) is 4.74 Å². The molecule has 0 bridgehead atoms. The molecule has 1 aromatic carbocycles. The molecular formula is C20H27N5O5S. The average Bonchev–Trinajstić information content (AvgIpc) is 3.02. The van der Waals surface area contributed by atoms with Gasteiger partial charge in [0, 0.05) is 32.1 Å². The minimum absolute atomic E-state index is 0.390. The number of amides is 1. The topological polar surface area (TPSA) is 116 Å². The maximum Gasteiger partial charge on any atom is 0.346 e. The lowest BCUT2D eigenvalue weighted by molar-refractivity contribution is -0.122.